The van der Waals surface area contributed by atoms with Crippen LogP contribution in [0.25, 0.3) is 0 Å². The van der Waals surface area contributed by atoms with E-state index < -0.39 is 5.97 Å². The standard InChI is InChI=1S/C12H17BrN2O2/c1-3-15-10(11(13)7(2)14-15)6-8-4-5-9(8)12(16)17/h8-9H,3-6H2,1-2H3,(H,16,17). The Bertz CT molecular complexity index is 442. The zero-order valence-electron chi connectivity index (χ0n) is 10.1. The molecule has 0 saturated heterocycles. The second kappa shape index (κ2) is 4.80. The van der Waals surface area contributed by atoms with Crippen molar-refractivity contribution in [2.24, 2.45) is 11.8 Å². The molecule has 1 heterocycles. The predicted molar refractivity (Wildman–Crippen MR) is 67.9 cm³/mol. The number of carboxylic acid groups (broad SMARTS) is 1. The molecule has 0 spiro atoms. The van der Waals surface area contributed by atoms with Gasteiger partial charge in [-0.25, -0.2) is 0 Å². The lowest BCUT2D eigenvalue weighted by atomic mass is 9.71. The Labute approximate surface area is 109 Å². The number of aliphatic carboxylic acids is 1. The summed E-state index contributed by atoms with van der Waals surface area (Å²) in [6, 6.07) is 0. The molecule has 0 amide bonds. The Morgan fingerprint density at radius 2 is 2.29 bits per heavy atom. The van der Waals surface area contributed by atoms with Crippen molar-refractivity contribution in [1.29, 1.82) is 0 Å². The zero-order chi connectivity index (χ0) is 12.6. The fourth-order valence-corrected chi connectivity index (χ4v) is 2.90. The summed E-state index contributed by atoms with van der Waals surface area (Å²) in [5, 5.41) is 13.5. The third kappa shape index (κ3) is 2.25. The predicted octanol–water partition coefficient (Wildman–Crippen LogP) is 2.63. The minimum Gasteiger partial charge on any atom is -0.481 e. The fourth-order valence-electron chi connectivity index (χ4n) is 2.45. The number of nitrogens with zero attached hydrogens (tertiary/aromatic N) is 2. The van der Waals surface area contributed by atoms with E-state index in [-0.39, 0.29) is 11.8 Å². The second-order valence-corrected chi connectivity index (χ2v) is 5.44. The molecule has 4 nitrogen and oxygen atoms in total. The molecule has 1 aromatic heterocycles. The van der Waals surface area contributed by atoms with E-state index in [0.29, 0.717) is 0 Å². The Morgan fingerprint density at radius 3 is 2.76 bits per heavy atom. The SMILES string of the molecule is CCn1nc(C)c(Br)c1CC1CCC1C(=O)O. The number of carboxylic acids is 1. The molecule has 2 unspecified atom stereocenters. The van der Waals surface area contributed by atoms with Gasteiger partial charge in [-0.05, 0) is 55.0 Å². The molecular weight excluding hydrogens is 284 g/mol. The lowest BCUT2D eigenvalue weighted by Gasteiger charge is -2.33. The summed E-state index contributed by atoms with van der Waals surface area (Å²) in [6.45, 7) is 4.85. The highest BCUT2D eigenvalue weighted by Crippen LogP contribution is 2.38. The van der Waals surface area contributed by atoms with Gasteiger partial charge in [0.1, 0.15) is 0 Å². The van der Waals surface area contributed by atoms with Crippen LogP contribution in [0.2, 0.25) is 0 Å². The molecule has 0 bridgehead atoms. The van der Waals surface area contributed by atoms with E-state index >= 15 is 0 Å². The van der Waals surface area contributed by atoms with Crippen LogP contribution in [-0.4, -0.2) is 20.9 Å². The Morgan fingerprint density at radius 1 is 1.59 bits per heavy atom. The molecule has 1 fully saturated rings. The van der Waals surface area contributed by atoms with Gasteiger partial charge in [0.2, 0.25) is 0 Å². The van der Waals surface area contributed by atoms with Gasteiger partial charge in [0.25, 0.3) is 0 Å². The third-order valence-electron chi connectivity index (χ3n) is 3.64. The van der Waals surface area contributed by atoms with Crippen LogP contribution in [0.4, 0.5) is 0 Å². The first-order valence-corrected chi connectivity index (χ1v) is 6.78. The first-order chi connectivity index (χ1) is 8.04. The monoisotopic (exact) mass is 300 g/mol. The van der Waals surface area contributed by atoms with Gasteiger partial charge in [0.15, 0.2) is 0 Å². The maximum Gasteiger partial charge on any atom is 0.306 e. The molecule has 2 rings (SSSR count). The first-order valence-electron chi connectivity index (χ1n) is 5.99. The summed E-state index contributed by atoms with van der Waals surface area (Å²) in [4.78, 5) is 11.0. The maximum atomic E-state index is 11.0. The van der Waals surface area contributed by atoms with E-state index in [9.17, 15) is 4.79 Å². The first kappa shape index (κ1) is 12.6. The fraction of sp³-hybridized carbons (Fsp3) is 0.667. The van der Waals surface area contributed by atoms with E-state index in [2.05, 4.69) is 28.0 Å². The summed E-state index contributed by atoms with van der Waals surface area (Å²) in [6.07, 6.45) is 2.64. The van der Waals surface area contributed by atoms with Crippen molar-refractivity contribution >= 4 is 21.9 Å². The maximum absolute atomic E-state index is 11.0. The van der Waals surface area contributed by atoms with E-state index in [1.54, 1.807) is 0 Å². The van der Waals surface area contributed by atoms with E-state index in [1.807, 2.05) is 11.6 Å². The van der Waals surface area contributed by atoms with Crippen molar-refractivity contribution in [3.63, 3.8) is 0 Å². The van der Waals surface area contributed by atoms with Crippen LogP contribution in [0.15, 0.2) is 4.47 Å². The molecule has 1 saturated carbocycles. The number of hydrogen-bond donors (Lipinski definition) is 1. The molecular formula is C12H17BrN2O2. The van der Waals surface area contributed by atoms with Crippen LogP contribution in [0.5, 0.6) is 0 Å². The van der Waals surface area contributed by atoms with Gasteiger partial charge >= 0.3 is 5.97 Å². The number of carbonyl (C=O) groups is 1. The van der Waals surface area contributed by atoms with E-state index in [4.69, 9.17) is 5.11 Å². The van der Waals surface area contributed by atoms with Gasteiger partial charge in [-0.3, -0.25) is 9.48 Å². The molecule has 1 N–H and O–H groups in total. The highest BCUT2D eigenvalue weighted by molar-refractivity contribution is 9.10. The van der Waals surface area contributed by atoms with Gasteiger partial charge in [-0.2, -0.15) is 5.10 Å². The summed E-state index contributed by atoms with van der Waals surface area (Å²) in [5.74, 6) is -0.552. The van der Waals surface area contributed by atoms with Crippen molar-refractivity contribution in [3.8, 4) is 0 Å². The molecule has 1 aliphatic carbocycles. The lowest BCUT2D eigenvalue weighted by molar-refractivity contribution is -0.147. The Kier molecular flexibility index (Phi) is 3.56. The van der Waals surface area contributed by atoms with Gasteiger partial charge in [0, 0.05) is 6.54 Å². The number of hydrogen-bond acceptors (Lipinski definition) is 2. The highest BCUT2D eigenvalue weighted by Gasteiger charge is 2.37. The van der Waals surface area contributed by atoms with Crippen molar-refractivity contribution in [1.82, 2.24) is 9.78 Å². The van der Waals surface area contributed by atoms with Crippen LogP contribution in [-0.2, 0) is 17.8 Å². The minimum absolute atomic E-state index is 0.164. The molecule has 0 aromatic carbocycles. The summed E-state index contributed by atoms with van der Waals surface area (Å²) >= 11 is 3.55. The minimum atomic E-state index is -0.656. The van der Waals surface area contributed by atoms with Crippen molar-refractivity contribution in [2.75, 3.05) is 0 Å². The summed E-state index contributed by atoms with van der Waals surface area (Å²) < 4.78 is 3.01. The smallest absolute Gasteiger partial charge is 0.306 e. The normalized spacial score (nSPS) is 23.5. The number of aryl methyl sites for hydroxylation is 2. The molecule has 0 aliphatic heterocycles. The van der Waals surface area contributed by atoms with Gasteiger partial charge in [-0.15, -0.1) is 0 Å². The lowest BCUT2D eigenvalue weighted by Crippen LogP contribution is -2.34. The average Bonchev–Trinajstić information content (AvgIpc) is 2.49. The summed E-state index contributed by atoms with van der Waals surface area (Å²) in [7, 11) is 0. The van der Waals surface area contributed by atoms with Crippen LogP contribution in [0.1, 0.15) is 31.2 Å². The number of aromatic nitrogens is 2. The van der Waals surface area contributed by atoms with Crippen LogP contribution in [0, 0.1) is 18.8 Å². The third-order valence-corrected chi connectivity index (χ3v) is 4.67. The largest absolute Gasteiger partial charge is 0.481 e. The average molecular weight is 301 g/mol. The van der Waals surface area contributed by atoms with Crippen molar-refractivity contribution in [3.05, 3.63) is 15.9 Å². The molecule has 94 valence electrons. The van der Waals surface area contributed by atoms with Crippen LogP contribution < -0.4 is 0 Å². The second-order valence-electron chi connectivity index (χ2n) is 4.65. The van der Waals surface area contributed by atoms with E-state index in [0.717, 1.165) is 41.7 Å². The van der Waals surface area contributed by atoms with E-state index in [1.165, 1.54) is 0 Å². The van der Waals surface area contributed by atoms with Crippen molar-refractivity contribution < 1.29 is 9.90 Å². The molecule has 17 heavy (non-hydrogen) atoms. The highest BCUT2D eigenvalue weighted by atomic mass is 79.9. The van der Waals surface area contributed by atoms with Crippen molar-refractivity contribution in [2.45, 2.75) is 39.7 Å². The molecule has 5 heteroatoms. The zero-order valence-corrected chi connectivity index (χ0v) is 11.7. The van der Waals surface area contributed by atoms with Crippen LogP contribution >= 0.6 is 15.9 Å². The quantitative estimate of drug-likeness (QED) is 0.930. The number of rotatable bonds is 4. The molecule has 1 aliphatic rings. The Balaban J connectivity index is 2.16. The van der Waals surface area contributed by atoms with Gasteiger partial charge in [0.05, 0.1) is 21.8 Å². The molecule has 0 radical (unpaired) electrons. The van der Waals surface area contributed by atoms with Crippen LogP contribution in [0.3, 0.4) is 0 Å². The summed E-state index contributed by atoms with van der Waals surface area (Å²) in [5.41, 5.74) is 2.12. The molecule has 1 aromatic rings. The molecule has 2 atom stereocenters. The Hall–Kier alpha value is -0.840. The van der Waals surface area contributed by atoms with Gasteiger partial charge < -0.3 is 5.11 Å². The van der Waals surface area contributed by atoms with Gasteiger partial charge in [-0.1, -0.05) is 0 Å². The topological polar surface area (TPSA) is 55.1 Å². The number of halogens is 1.